The number of amides is 1. The van der Waals surface area contributed by atoms with Crippen molar-refractivity contribution in [2.45, 2.75) is 32.7 Å². The highest BCUT2D eigenvalue weighted by Gasteiger charge is 2.21. The number of aromatic amines is 1. The first-order valence-corrected chi connectivity index (χ1v) is 10.2. The Hall–Kier alpha value is -2.37. The first-order chi connectivity index (χ1) is 13.6. The van der Waals surface area contributed by atoms with Crippen LogP contribution in [0.15, 0.2) is 48.5 Å². The van der Waals surface area contributed by atoms with E-state index in [2.05, 4.69) is 34.0 Å². The molecule has 1 aromatic heterocycles. The fraction of sp³-hybridized carbons (Fsp3) is 0.364. The van der Waals surface area contributed by atoms with Crippen LogP contribution >= 0.6 is 11.6 Å². The maximum atomic E-state index is 12.4. The minimum Gasteiger partial charge on any atom is -0.354 e. The van der Waals surface area contributed by atoms with Crippen molar-refractivity contribution in [3.8, 4) is 0 Å². The number of imidazole rings is 1. The molecule has 0 spiro atoms. The number of aromatic nitrogens is 2. The summed E-state index contributed by atoms with van der Waals surface area (Å²) >= 11 is 6.42. The lowest BCUT2D eigenvalue weighted by atomic mass is 10.0. The summed E-state index contributed by atoms with van der Waals surface area (Å²) in [7, 11) is 0. The zero-order valence-electron chi connectivity index (χ0n) is 16.4. The molecule has 148 valence electrons. The first kappa shape index (κ1) is 20.4. The maximum Gasteiger partial charge on any atom is 0.220 e. The Morgan fingerprint density at radius 2 is 1.86 bits per heavy atom. The van der Waals surface area contributed by atoms with Gasteiger partial charge in [0.25, 0.3) is 0 Å². The van der Waals surface area contributed by atoms with Crippen molar-refractivity contribution < 1.29 is 4.79 Å². The van der Waals surface area contributed by atoms with E-state index in [0.717, 1.165) is 40.5 Å². The minimum absolute atomic E-state index is 0.0182. The number of carbonyl (C=O) groups excluding carboxylic acids is 1. The van der Waals surface area contributed by atoms with E-state index in [1.54, 1.807) is 0 Å². The van der Waals surface area contributed by atoms with Crippen LogP contribution in [0.3, 0.4) is 0 Å². The van der Waals surface area contributed by atoms with Crippen LogP contribution in [0.5, 0.6) is 0 Å². The second-order valence-corrected chi connectivity index (χ2v) is 7.17. The van der Waals surface area contributed by atoms with Gasteiger partial charge in [-0.1, -0.05) is 55.8 Å². The van der Waals surface area contributed by atoms with Crippen LogP contribution in [-0.4, -0.2) is 40.4 Å². The zero-order valence-corrected chi connectivity index (χ0v) is 17.2. The molecule has 28 heavy (non-hydrogen) atoms. The number of para-hydroxylation sites is 2. The van der Waals surface area contributed by atoms with Crippen LogP contribution in [-0.2, 0) is 11.2 Å². The van der Waals surface area contributed by atoms with Gasteiger partial charge in [-0.05, 0) is 36.9 Å². The van der Waals surface area contributed by atoms with Crippen LogP contribution < -0.4 is 5.32 Å². The second-order valence-electron chi connectivity index (χ2n) is 6.76. The number of rotatable bonds is 9. The second kappa shape index (κ2) is 9.71. The van der Waals surface area contributed by atoms with E-state index in [1.165, 1.54) is 0 Å². The Labute approximate surface area is 171 Å². The Balaban J connectivity index is 1.60. The van der Waals surface area contributed by atoms with E-state index in [4.69, 9.17) is 11.6 Å². The smallest absolute Gasteiger partial charge is 0.220 e. The number of nitrogens with zero attached hydrogens (tertiary/aromatic N) is 2. The molecule has 1 heterocycles. The van der Waals surface area contributed by atoms with E-state index >= 15 is 0 Å². The molecule has 2 N–H and O–H groups in total. The van der Waals surface area contributed by atoms with Crippen molar-refractivity contribution in [3.05, 3.63) is 64.9 Å². The topological polar surface area (TPSA) is 61.0 Å². The van der Waals surface area contributed by atoms with Gasteiger partial charge in [0.2, 0.25) is 5.91 Å². The fourth-order valence-electron chi connectivity index (χ4n) is 3.50. The molecule has 2 aromatic carbocycles. The molecule has 3 aromatic rings. The number of carbonyl (C=O) groups is 1. The zero-order chi connectivity index (χ0) is 19.9. The molecule has 0 aliphatic rings. The number of hydrogen-bond donors (Lipinski definition) is 2. The summed E-state index contributed by atoms with van der Waals surface area (Å²) in [4.78, 5) is 22.6. The van der Waals surface area contributed by atoms with Crippen molar-refractivity contribution >= 4 is 28.5 Å². The van der Waals surface area contributed by atoms with Crippen molar-refractivity contribution in [1.82, 2.24) is 20.2 Å². The molecule has 1 atom stereocenters. The summed E-state index contributed by atoms with van der Waals surface area (Å²) in [5, 5.41) is 3.81. The quantitative estimate of drug-likeness (QED) is 0.563. The van der Waals surface area contributed by atoms with E-state index in [1.807, 2.05) is 48.5 Å². The maximum absolute atomic E-state index is 12.4. The number of aryl methyl sites for hydroxylation is 1. The average Bonchev–Trinajstić information content (AvgIpc) is 3.13. The van der Waals surface area contributed by atoms with Gasteiger partial charge in [-0.25, -0.2) is 4.98 Å². The number of H-pyrrole nitrogens is 1. The van der Waals surface area contributed by atoms with Gasteiger partial charge < -0.3 is 10.3 Å². The van der Waals surface area contributed by atoms with Crippen molar-refractivity contribution in [3.63, 3.8) is 0 Å². The summed E-state index contributed by atoms with van der Waals surface area (Å²) in [5.41, 5.74) is 2.97. The molecule has 1 amide bonds. The predicted octanol–water partition coefficient (Wildman–Crippen LogP) is 4.35. The Morgan fingerprint density at radius 3 is 2.57 bits per heavy atom. The Bertz CT molecular complexity index is 887. The molecule has 5 nitrogen and oxygen atoms in total. The molecule has 0 bridgehead atoms. The highest BCUT2D eigenvalue weighted by molar-refractivity contribution is 6.31. The highest BCUT2D eigenvalue weighted by atomic mass is 35.5. The lowest BCUT2D eigenvalue weighted by Gasteiger charge is -2.31. The number of benzene rings is 2. The number of fused-ring (bicyclic) bond motifs is 1. The fourth-order valence-corrected chi connectivity index (χ4v) is 3.76. The summed E-state index contributed by atoms with van der Waals surface area (Å²) in [6.45, 7) is 6.56. The largest absolute Gasteiger partial charge is 0.354 e. The van der Waals surface area contributed by atoms with E-state index in [-0.39, 0.29) is 11.9 Å². The molecule has 0 aliphatic heterocycles. The summed E-state index contributed by atoms with van der Waals surface area (Å²) in [5.74, 6) is 0.854. The molecule has 0 fully saturated rings. The molecule has 1 unspecified atom stereocenters. The van der Waals surface area contributed by atoms with Gasteiger partial charge in [-0.15, -0.1) is 0 Å². The molecular formula is C22H27ClN4O. The Kier molecular flexibility index (Phi) is 7.06. The van der Waals surface area contributed by atoms with Gasteiger partial charge in [-0.3, -0.25) is 9.69 Å². The van der Waals surface area contributed by atoms with Crippen LogP contribution in [0.2, 0.25) is 5.02 Å². The minimum atomic E-state index is 0.0182. The van der Waals surface area contributed by atoms with E-state index in [0.29, 0.717) is 19.4 Å². The van der Waals surface area contributed by atoms with Gasteiger partial charge in [0.05, 0.1) is 17.1 Å². The Morgan fingerprint density at radius 1 is 1.14 bits per heavy atom. The van der Waals surface area contributed by atoms with E-state index in [9.17, 15) is 4.79 Å². The van der Waals surface area contributed by atoms with Crippen LogP contribution in [0, 0.1) is 0 Å². The van der Waals surface area contributed by atoms with Crippen molar-refractivity contribution in [2.24, 2.45) is 0 Å². The number of likely N-dealkylation sites (N-methyl/N-ethyl adjacent to an activating group) is 1. The van der Waals surface area contributed by atoms with Gasteiger partial charge in [0, 0.05) is 24.4 Å². The molecule has 3 rings (SSSR count). The molecule has 6 heteroatoms. The lowest BCUT2D eigenvalue weighted by molar-refractivity contribution is -0.121. The molecule has 0 saturated heterocycles. The molecular weight excluding hydrogens is 372 g/mol. The van der Waals surface area contributed by atoms with Gasteiger partial charge >= 0.3 is 0 Å². The highest BCUT2D eigenvalue weighted by Crippen LogP contribution is 2.27. The number of nitrogens with one attached hydrogen (secondary N) is 2. The third kappa shape index (κ3) is 4.91. The monoisotopic (exact) mass is 398 g/mol. The van der Waals surface area contributed by atoms with Crippen molar-refractivity contribution in [2.75, 3.05) is 19.6 Å². The van der Waals surface area contributed by atoms with Crippen LogP contribution in [0.1, 0.15) is 37.7 Å². The molecule has 0 radical (unpaired) electrons. The standard InChI is InChI=1S/C22H27ClN4O/c1-3-27(4-2)20(16-9-5-6-10-17(16)23)15-24-22(28)14-13-21-25-18-11-7-8-12-19(18)26-21/h5-12,20H,3-4,13-15H2,1-2H3,(H,24,28)(H,25,26). The van der Waals surface area contributed by atoms with E-state index < -0.39 is 0 Å². The summed E-state index contributed by atoms with van der Waals surface area (Å²) in [6, 6.07) is 15.8. The predicted molar refractivity (Wildman–Crippen MR) is 115 cm³/mol. The third-order valence-electron chi connectivity index (χ3n) is 5.04. The molecule has 0 saturated carbocycles. The SMILES string of the molecule is CCN(CC)C(CNC(=O)CCc1nc2ccccc2[nH]1)c1ccccc1Cl. The lowest BCUT2D eigenvalue weighted by Crippen LogP contribution is -2.38. The normalized spacial score (nSPS) is 12.4. The molecule has 0 aliphatic carbocycles. The number of hydrogen-bond acceptors (Lipinski definition) is 3. The number of halogens is 1. The van der Waals surface area contributed by atoms with Gasteiger partial charge in [-0.2, -0.15) is 0 Å². The van der Waals surface area contributed by atoms with Gasteiger partial charge in [0.1, 0.15) is 5.82 Å². The first-order valence-electron chi connectivity index (χ1n) is 9.81. The third-order valence-corrected chi connectivity index (χ3v) is 5.38. The van der Waals surface area contributed by atoms with Gasteiger partial charge in [0.15, 0.2) is 0 Å². The summed E-state index contributed by atoms with van der Waals surface area (Å²) < 4.78 is 0. The summed E-state index contributed by atoms with van der Waals surface area (Å²) in [6.07, 6.45) is 0.982. The van der Waals surface area contributed by atoms with Crippen LogP contribution in [0.25, 0.3) is 11.0 Å². The van der Waals surface area contributed by atoms with Crippen LogP contribution in [0.4, 0.5) is 0 Å². The average molecular weight is 399 g/mol. The van der Waals surface area contributed by atoms with Crippen molar-refractivity contribution in [1.29, 1.82) is 0 Å².